The fourth-order valence-corrected chi connectivity index (χ4v) is 2.18. The molecule has 1 N–H and O–H groups in total. The SMILES string of the molecule is Cc1ccccc1-n1cc2c(n1)CCNC2. The van der Waals surface area contributed by atoms with Crippen LogP contribution >= 0.6 is 0 Å². The molecule has 3 heteroatoms. The van der Waals surface area contributed by atoms with E-state index < -0.39 is 0 Å². The van der Waals surface area contributed by atoms with Gasteiger partial charge in [0.1, 0.15) is 0 Å². The van der Waals surface area contributed by atoms with Crippen molar-refractivity contribution in [2.45, 2.75) is 19.9 Å². The van der Waals surface area contributed by atoms with E-state index in [2.05, 4.69) is 47.8 Å². The van der Waals surface area contributed by atoms with Crippen LogP contribution in [0.1, 0.15) is 16.8 Å². The zero-order chi connectivity index (χ0) is 11.0. The van der Waals surface area contributed by atoms with Crippen LogP contribution in [0.25, 0.3) is 5.69 Å². The van der Waals surface area contributed by atoms with Gasteiger partial charge < -0.3 is 5.32 Å². The second-order valence-electron chi connectivity index (χ2n) is 4.26. The topological polar surface area (TPSA) is 29.9 Å². The summed E-state index contributed by atoms with van der Waals surface area (Å²) in [5.41, 5.74) is 5.00. The molecule has 2 aromatic rings. The highest BCUT2D eigenvalue weighted by Gasteiger charge is 2.13. The van der Waals surface area contributed by atoms with Crippen molar-refractivity contribution < 1.29 is 0 Å². The minimum absolute atomic E-state index is 0.946. The van der Waals surface area contributed by atoms with Crippen molar-refractivity contribution in [1.29, 1.82) is 0 Å². The Morgan fingerprint density at radius 3 is 3.00 bits per heavy atom. The maximum Gasteiger partial charge on any atom is 0.0686 e. The van der Waals surface area contributed by atoms with E-state index in [1.54, 1.807) is 0 Å². The molecular weight excluding hydrogens is 198 g/mol. The maximum absolute atomic E-state index is 4.66. The van der Waals surface area contributed by atoms with Crippen molar-refractivity contribution in [3.05, 3.63) is 47.3 Å². The largest absolute Gasteiger partial charge is 0.312 e. The van der Waals surface area contributed by atoms with Crippen LogP contribution in [0.4, 0.5) is 0 Å². The molecule has 0 bridgehead atoms. The summed E-state index contributed by atoms with van der Waals surface area (Å²) in [5.74, 6) is 0. The van der Waals surface area contributed by atoms with Gasteiger partial charge in [-0.2, -0.15) is 5.10 Å². The molecule has 1 aliphatic rings. The fraction of sp³-hybridized carbons (Fsp3) is 0.308. The van der Waals surface area contributed by atoms with E-state index in [4.69, 9.17) is 0 Å². The van der Waals surface area contributed by atoms with E-state index >= 15 is 0 Å². The van der Waals surface area contributed by atoms with Gasteiger partial charge in [-0.15, -0.1) is 0 Å². The molecule has 0 aliphatic carbocycles. The molecule has 3 rings (SSSR count). The van der Waals surface area contributed by atoms with Crippen molar-refractivity contribution in [3.8, 4) is 5.69 Å². The first kappa shape index (κ1) is 9.60. The number of nitrogens with zero attached hydrogens (tertiary/aromatic N) is 2. The molecule has 0 saturated carbocycles. The van der Waals surface area contributed by atoms with Crippen LogP contribution in [0.5, 0.6) is 0 Å². The maximum atomic E-state index is 4.66. The van der Waals surface area contributed by atoms with E-state index in [0.717, 1.165) is 19.5 Å². The van der Waals surface area contributed by atoms with Gasteiger partial charge >= 0.3 is 0 Å². The number of rotatable bonds is 1. The van der Waals surface area contributed by atoms with Gasteiger partial charge in [0.25, 0.3) is 0 Å². The summed E-state index contributed by atoms with van der Waals surface area (Å²) in [5, 5.41) is 8.03. The Kier molecular flexibility index (Phi) is 2.26. The monoisotopic (exact) mass is 213 g/mol. The highest BCUT2D eigenvalue weighted by Crippen LogP contribution is 2.17. The van der Waals surface area contributed by atoms with Crippen LogP contribution in [-0.4, -0.2) is 16.3 Å². The third-order valence-corrected chi connectivity index (χ3v) is 3.09. The standard InChI is InChI=1S/C13H15N3/c1-10-4-2-3-5-13(10)16-9-11-8-14-7-6-12(11)15-16/h2-5,9,14H,6-8H2,1H3. The Bertz CT molecular complexity index is 490. The van der Waals surface area contributed by atoms with Crippen molar-refractivity contribution in [2.75, 3.05) is 6.54 Å². The molecule has 1 aromatic carbocycles. The van der Waals surface area contributed by atoms with Crippen molar-refractivity contribution in [2.24, 2.45) is 0 Å². The molecule has 2 heterocycles. The van der Waals surface area contributed by atoms with Gasteiger partial charge in [-0.3, -0.25) is 0 Å². The average molecular weight is 213 g/mol. The molecule has 0 unspecified atom stereocenters. The van der Waals surface area contributed by atoms with E-state index in [1.165, 1.54) is 22.5 Å². The van der Waals surface area contributed by atoms with Crippen molar-refractivity contribution in [3.63, 3.8) is 0 Å². The molecule has 1 aliphatic heterocycles. The average Bonchev–Trinajstić information content (AvgIpc) is 2.73. The minimum Gasteiger partial charge on any atom is -0.312 e. The lowest BCUT2D eigenvalue weighted by molar-refractivity contribution is 0.635. The van der Waals surface area contributed by atoms with E-state index in [-0.39, 0.29) is 0 Å². The molecule has 0 spiro atoms. The molecular formula is C13H15N3. The highest BCUT2D eigenvalue weighted by atomic mass is 15.3. The zero-order valence-corrected chi connectivity index (χ0v) is 9.40. The molecule has 0 fully saturated rings. The van der Waals surface area contributed by atoms with E-state index in [0.29, 0.717) is 0 Å². The lowest BCUT2D eigenvalue weighted by Crippen LogP contribution is -2.22. The lowest BCUT2D eigenvalue weighted by atomic mass is 10.1. The van der Waals surface area contributed by atoms with E-state index in [1.807, 2.05) is 4.68 Å². The number of fused-ring (bicyclic) bond motifs is 1. The summed E-state index contributed by atoms with van der Waals surface area (Å²) in [6.07, 6.45) is 3.18. The van der Waals surface area contributed by atoms with E-state index in [9.17, 15) is 0 Å². The first-order valence-corrected chi connectivity index (χ1v) is 5.69. The summed E-state index contributed by atoms with van der Waals surface area (Å²) < 4.78 is 2.01. The highest BCUT2D eigenvalue weighted by molar-refractivity contribution is 5.40. The predicted molar refractivity (Wildman–Crippen MR) is 63.7 cm³/mol. The number of aromatic nitrogens is 2. The van der Waals surface area contributed by atoms with Gasteiger partial charge in [0, 0.05) is 31.3 Å². The van der Waals surface area contributed by atoms with Crippen molar-refractivity contribution in [1.82, 2.24) is 15.1 Å². The Hall–Kier alpha value is -1.61. The number of benzene rings is 1. The molecule has 0 amide bonds. The third-order valence-electron chi connectivity index (χ3n) is 3.09. The quantitative estimate of drug-likeness (QED) is 0.783. The van der Waals surface area contributed by atoms with Crippen LogP contribution in [0.2, 0.25) is 0 Å². The second-order valence-corrected chi connectivity index (χ2v) is 4.26. The molecule has 1 aromatic heterocycles. The number of nitrogens with one attached hydrogen (secondary N) is 1. The molecule has 16 heavy (non-hydrogen) atoms. The Labute approximate surface area is 95.1 Å². The molecule has 0 atom stereocenters. The van der Waals surface area contributed by atoms with Gasteiger partial charge in [0.05, 0.1) is 11.4 Å². The first-order valence-electron chi connectivity index (χ1n) is 5.69. The summed E-state index contributed by atoms with van der Waals surface area (Å²) in [6.45, 7) is 4.10. The van der Waals surface area contributed by atoms with Gasteiger partial charge in [-0.1, -0.05) is 18.2 Å². The summed E-state index contributed by atoms with van der Waals surface area (Å²) in [6, 6.07) is 8.35. The van der Waals surface area contributed by atoms with Crippen LogP contribution in [0.15, 0.2) is 30.5 Å². The van der Waals surface area contributed by atoms with Gasteiger partial charge in [-0.05, 0) is 18.6 Å². The van der Waals surface area contributed by atoms with Crippen LogP contribution in [0.3, 0.4) is 0 Å². The van der Waals surface area contributed by atoms with Crippen LogP contribution in [-0.2, 0) is 13.0 Å². The summed E-state index contributed by atoms with van der Waals surface area (Å²) in [4.78, 5) is 0. The smallest absolute Gasteiger partial charge is 0.0686 e. The Balaban J connectivity index is 2.07. The Morgan fingerprint density at radius 2 is 2.19 bits per heavy atom. The fourth-order valence-electron chi connectivity index (χ4n) is 2.18. The van der Waals surface area contributed by atoms with Gasteiger partial charge in [0.2, 0.25) is 0 Å². The van der Waals surface area contributed by atoms with Gasteiger partial charge in [0.15, 0.2) is 0 Å². The third kappa shape index (κ3) is 1.53. The first-order chi connectivity index (χ1) is 7.84. The number of hydrogen-bond acceptors (Lipinski definition) is 2. The lowest BCUT2D eigenvalue weighted by Gasteiger charge is -2.09. The molecule has 3 nitrogen and oxygen atoms in total. The minimum atomic E-state index is 0.946. The number of hydrogen-bond donors (Lipinski definition) is 1. The predicted octanol–water partition coefficient (Wildman–Crippen LogP) is 1.83. The second kappa shape index (κ2) is 3.76. The number of para-hydroxylation sites is 1. The number of aryl methyl sites for hydroxylation is 1. The van der Waals surface area contributed by atoms with Crippen molar-refractivity contribution >= 4 is 0 Å². The summed E-state index contributed by atoms with van der Waals surface area (Å²) in [7, 11) is 0. The normalized spacial score (nSPS) is 14.8. The van der Waals surface area contributed by atoms with Gasteiger partial charge in [-0.25, -0.2) is 4.68 Å². The van der Waals surface area contributed by atoms with Crippen LogP contribution < -0.4 is 5.32 Å². The zero-order valence-electron chi connectivity index (χ0n) is 9.40. The summed E-state index contributed by atoms with van der Waals surface area (Å²) >= 11 is 0. The van der Waals surface area contributed by atoms with Crippen LogP contribution in [0, 0.1) is 6.92 Å². The molecule has 0 radical (unpaired) electrons. The Morgan fingerprint density at radius 1 is 1.31 bits per heavy atom. The molecule has 82 valence electrons. The molecule has 0 saturated heterocycles.